The molecular formula is C73H49BN2. The molecule has 0 saturated heterocycles. The van der Waals surface area contributed by atoms with Crippen LogP contribution in [0.5, 0.6) is 0 Å². The molecule has 0 N–H and O–H groups in total. The van der Waals surface area contributed by atoms with Crippen LogP contribution in [0.4, 0.5) is 34.1 Å². The van der Waals surface area contributed by atoms with Crippen molar-refractivity contribution >= 4 is 100 Å². The largest absolute Gasteiger partial charge is 0.311 e. The molecule has 0 atom stereocenters. The lowest BCUT2D eigenvalue weighted by Crippen LogP contribution is -2.61. The van der Waals surface area contributed by atoms with Gasteiger partial charge in [-0.2, -0.15) is 0 Å². The standard InChI is InChI=1S/C73H49BN2/c1-73(2)64-24-14-13-23-62(64)63-39-54(29-34-65(63)73)59-44-70-72-71(45-59)76(61-32-27-49(28-33-61)47-17-7-4-8-18-47)69-43-58-38-53-22-12-10-20-51(53)36-56(58)41-67(69)74(72)66-40-55-35-50-19-9-11-21-52(50)37-57(55)42-68(66)75(70)60-30-25-48(26-31-60)46-15-5-3-6-16-46/h3-45H,1-2H3. The van der Waals surface area contributed by atoms with Gasteiger partial charge in [0.1, 0.15) is 0 Å². The Morgan fingerprint density at radius 2 is 0.671 bits per heavy atom. The van der Waals surface area contributed by atoms with Crippen molar-refractivity contribution < 1.29 is 0 Å². The van der Waals surface area contributed by atoms with Crippen LogP contribution in [0.2, 0.25) is 0 Å². The van der Waals surface area contributed by atoms with Crippen LogP contribution in [0.1, 0.15) is 25.0 Å². The van der Waals surface area contributed by atoms with Gasteiger partial charge in [0, 0.05) is 39.5 Å². The van der Waals surface area contributed by atoms with E-state index < -0.39 is 0 Å². The van der Waals surface area contributed by atoms with Crippen molar-refractivity contribution in [2.45, 2.75) is 19.3 Å². The highest BCUT2D eigenvalue weighted by Gasteiger charge is 2.44. The molecule has 354 valence electrons. The van der Waals surface area contributed by atoms with Gasteiger partial charge in [0.25, 0.3) is 6.71 Å². The second-order valence-electron chi connectivity index (χ2n) is 21.7. The summed E-state index contributed by atoms with van der Waals surface area (Å²) in [4.78, 5) is 5.17. The van der Waals surface area contributed by atoms with E-state index in [2.05, 4.69) is 285 Å². The predicted molar refractivity (Wildman–Crippen MR) is 324 cm³/mol. The Bertz CT molecular complexity index is 4310. The number of hydrogen-bond acceptors (Lipinski definition) is 2. The van der Waals surface area contributed by atoms with Crippen LogP contribution in [-0.2, 0) is 5.41 Å². The molecule has 16 rings (SSSR count). The molecule has 0 saturated carbocycles. The summed E-state index contributed by atoms with van der Waals surface area (Å²) in [6.07, 6.45) is 0. The van der Waals surface area contributed by atoms with Crippen molar-refractivity contribution in [2.75, 3.05) is 9.80 Å². The zero-order valence-electron chi connectivity index (χ0n) is 42.3. The first-order chi connectivity index (χ1) is 37.4. The van der Waals surface area contributed by atoms with E-state index in [0.29, 0.717) is 0 Å². The Labute approximate surface area is 443 Å². The monoisotopic (exact) mass is 964 g/mol. The lowest BCUT2D eigenvalue weighted by Gasteiger charge is -2.44. The minimum absolute atomic E-state index is 0.0804. The Kier molecular flexibility index (Phi) is 9.21. The molecule has 1 aliphatic carbocycles. The average molecular weight is 965 g/mol. The van der Waals surface area contributed by atoms with E-state index in [9.17, 15) is 0 Å². The fraction of sp³-hybridized carbons (Fsp3) is 0.0411. The highest BCUT2D eigenvalue weighted by molar-refractivity contribution is 7.00. The van der Waals surface area contributed by atoms with Crippen molar-refractivity contribution in [2.24, 2.45) is 0 Å². The van der Waals surface area contributed by atoms with Crippen LogP contribution in [0.25, 0.3) is 87.6 Å². The van der Waals surface area contributed by atoms with Gasteiger partial charge in [-0.05, 0) is 194 Å². The van der Waals surface area contributed by atoms with E-state index in [1.54, 1.807) is 0 Å². The molecule has 2 nitrogen and oxygen atoms in total. The summed E-state index contributed by atoms with van der Waals surface area (Å²) >= 11 is 0. The maximum absolute atomic E-state index is 2.58. The summed E-state index contributed by atoms with van der Waals surface area (Å²) in [6.45, 7) is 4.66. The molecule has 2 aliphatic heterocycles. The number of benzene rings is 13. The van der Waals surface area contributed by atoms with Gasteiger partial charge >= 0.3 is 0 Å². The lowest BCUT2D eigenvalue weighted by molar-refractivity contribution is 0.660. The van der Waals surface area contributed by atoms with E-state index in [4.69, 9.17) is 0 Å². The number of hydrogen-bond donors (Lipinski definition) is 0. The summed E-state index contributed by atoms with van der Waals surface area (Å²) in [6, 6.07) is 98.4. The van der Waals surface area contributed by atoms with Gasteiger partial charge in [0.2, 0.25) is 0 Å². The molecule has 0 bridgehead atoms. The third-order valence-corrected chi connectivity index (χ3v) is 17.1. The average Bonchev–Trinajstić information content (AvgIpc) is 3.87. The molecule has 13 aromatic carbocycles. The second kappa shape index (κ2) is 16.3. The lowest BCUT2D eigenvalue weighted by atomic mass is 9.33. The van der Waals surface area contributed by atoms with Crippen LogP contribution in [0, 0.1) is 0 Å². The number of fused-ring (bicyclic) bond motifs is 11. The molecule has 76 heavy (non-hydrogen) atoms. The molecule has 3 heteroatoms. The fourth-order valence-electron chi connectivity index (χ4n) is 13.4. The van der Waals surface area contributed by atoms with Gasteiger partial charge in [-0.1, -0.05) is 196 Å². The van der Waals surface area contributed by atoms with Crippen LogP contribution in [0.15, 0.2) is 261 Å². The Hall–Kier alpha value is -9.44. The maximum atomic E-state index is 2.58. The normalized spacial score (nSPS) is 13.7. The molecule has 0 unspecified atom stereocenters. The molecule has 3 aliphatic rings. The smallest absolute Gasteiger partial charge is 0.252 e. The van der Waals surface area contributed by atoms with Crippen LogP contribution in [0.3, 0.4) is 0 Å². The molecule has 0 radical (unpaired) electrons. The summed E-state index contributed by atoms with van der Waals surface area (Å²) in [5.41, 5.74) is 23.4. The van der Waals surface area contributed by atoms with Gasteiger partial charge < -0.3 is 9.80 Å². The maximum Gasteiger partial charge on any atom is 0.252 e. The van der Waals surface area contributed by atoms with Gasteiger partial charge in [0.05, 0.1) is 0 Å². The topological polar surface area (TPSA) is 6.48 Å². The van der Waals surface area contributed by atoms with E-state index in [1.807, 2.05) is 0 Å². The van der Waals surface area contributed by atoms with Crippen molar-refractivity contribution in [3.63, 3.8) is 0 Å². The van der Waals surface area contributed by atoms with Crippen LogP contribution < -0.4 is 26.2 Å². The molecule has 0 aromatic heterocycles. The van der Waals surface area contributed by atoms with E-state index in [-0.39, 0.29) is 12.1 Å². The van der Waals surface area contributed by atoms with E-state index in [1.165, 1.54) is 138 Å². The third-order valence-electron chi connectivity index (χ3n) is 17.1. The first kappa shape index (κ1) is 43.0. The molecule has 2 heterocycles. The highest BCUT2D eigenvalue weighted by atomic mass is 15.2. The zero-order chi connectivity index (χ0) is 50.2. The van der Waals surface area contributed by atoms with Gasteiger partial charge in [-0.25, -0.2) is 0 Å². The first-order valence-electron chi connectivity index (χ1n) is 26.7. The molecule has 0 spiro atoms. The molecule has 0 fully saturated rings. The number of rotatable bonds is 5. The molecule has 0 amide bonds. The SMILES string of the molecule is CC1(C)c2ccccc2-c2cc(-c3cc4c5c(c3)N(c3ccc(-c6ccccc6)cc3)c3cc6cc7ccccc7cc6cc3B5c3cc5cc6ccccc6cc5cc3N4c3ccc(-c4ccccc4)cc3)ccc21. The minimum atomic E-state index is -0.0967. The third kappa shape index (κ3) is 6.49. The highest BCUT2D eigenvalue weighted by Crippen LogP contribution is 2.52. The summed E-state index contributed by atoms with van der Waals surface area (Å²) in [5, 5.41) is 9.92. The second-order valence-corrected chi connectivity index (χ2v) is 21.7. The van der Waals surface area contributed by atoms with Crippen molar-refractivity contribution in [1.29, 1.82) is 0 Å². The van der Waals surface area contributed by atoms with Gasteiger partial charge in [0.15, 0.2) is 0 Å². The number of anilines is 6. The van der Waals surface area contributed by atoms with E-state index in [0.717, 1.165) is 11.4 Å². The zero-order valence-corrected chi connectivity index (χ0v) is 42.3. The van der Waals surface area contributed by atoms with Gasteiger partial charge in [-0.15, -0.1) is 0 Å². The minimum Gasteiger partial charge on any atom is -0.311 e. The Morgan fingerprint density at radius 1 is 0.276 bits per heavy atom. The number of nitrogens with zero attached hydrogens (tertiary/aromatic N) is 2. The van der Waals surface area contributed by atoms with Crippen LogP contribution in [-0.4, -0.2) is 6.71 Å². The van der Waals surface area contributed by atoms with Crippen molar-refractivity contribution in [3.05, 3.63) is 272 Å². The van der Waals surface area contributed by atoms with E-state index >= 15 is 0 Å². The van der Waals surface area contributed by atoms with Crippen molar-refractivity contribution in [1.82, 2.24) is 0 Å². The molecular weight excluding hydrogens is 916 g/mol. The summed E-state index contributed by atoms with van der Waals surface area (Å²) in [5.74, 6) is 0. The first-order valence-corrected chi connectivity index (χ1v) is 26.7. The Balaban J connectivity index is 1.02. The quantitative estimate of drug-likeness (QED) is 0.125. The fourth-order valence-corrected chi connectivity index (χ4v) is 13.4. The summed E-state index contributed by atoms with van der Waals surface area (Å²) < 4.78 is 0. The Morgan fingerprint density at radius 3 is 1.16 bits per heavy atom. The van der Waals surface area contributed by atoms with Crippen molar-refractivity contribution in [3.8, 4) is 44.5 Å². The van der Waals surface area contributed by atoms with Crippen LogP contribution >= 0.6 is 0 Å². The predicted octanol–water partition coefficient (Wildman–Crippen LogP) is 17.7. The molecule has 13 aromatic rings. The summed E-state index contributed by atoms with van der Waals surface area (Å²) in [7, 11) is 0. The van der Waals surface area contributed by atoms with Gasteiger partial charge in [-0.3, -0.25) is 0 Å².